The Morgan fingerprint density at radius 1 is 1.06 bits per heavy atom. The van der Waals surface area contributed by atoms with Crippen molar-refractivity contribution in [2.75, 3.05) is 6.54 Å². The van der Waals surface area contributed by atoms with Gasteiger partial charge in [0, 0.05) is 41.4 Å². The number of sulfonamides is 1. The predicted molar refractivity (Wildman–Crippen MR) is 251 cm³/mol. The van der Waals surface area contributed by atoms with Gasteiger partial charge in [-0.1, -0.05) is 78.8 Å². The Hall–Kier alpha value is -4.54. The molecule has 4 amide bonds. The quantitative estimate of drug-likeness (QED) is 0.193. The molecule has 0 unspecified atom stereocenters. The van der Waals surface area contributed by atoms with Gasteiger partial charge in [0.05, 0.1) is 17.4 Å². The second-order valence-corrected chi connectivity index (χ2v) is 20.0. The molecular formula is C47H79F2N5O9S. The molecule has 17 heteroatoms. The van der Waals surface area contributed by atoms with Gasteiger partial charge in [-0.15, -0.1) is 0 Å². The van der Waals surface area contributed by atoms with E-state index in [1.165, 1.54) is 0 Å². The molecule has 2 aromatic rings. The van der Waals surface area contributed by atoms with Crippen molar-refractivity contribution in [1.82, 2.24) is 19.9 Å². The van der Waals surface area contributed by atoms with Gasteiger partial charge in [-0.05, 0) is 95.9 Å². The molecule has 2 saturated carbocycles. The van der Waals surface area contributed by atoms with Gasteiger partial charge in [0.2, 0.25) is 33.6 Å². The number of pyridine rings is 1. The zero-order valence-corrected chi connectivity index (χ0v) is 40.7. The van der Waals surface area contributed by atoms with E-state index in [0.717, 1.165) is 43.9 Å². The molecule has 0 bridgehead atoms. The van der Waals surface area contributed by atoms with Gasteiger partial charge in [0.15, 0.2) is 5.60 Å². The maximum Gasteiger partial charge on any atom is 0.405 e. The molecule has 6 atom stereocenters. The molecule has 4 aliphatic rings. The van der Waals surface area contributed by atoms with Crippen LogP contribution in [0.5, 0.6) is 11.8 Å². The number of nitrogens with two attached hydrogens (primary N) is 1. The highest BCUT2D eigenvalue weighted by Crippen LogP contribution is 2.49. The maximum atomic E-state index is 14.2. The fraction of sp³-hybridized carbons (Fsp3) is 0.681. The van der Waals surface area contributed by atoms with E-state index in [9.17, 15) is 36.4 Å². The van der Waals surface area contributed by atoms with Gasteiger partial charge in [-0.25, -0.2) is 22.0 Å². The minimum Gasteiger partial charge on any atom is -0.475 e. The van der Waals surface area contributed by atoms with Crippen LogP contribution in [-0.4, -0.2) is 88.7 Å². The standard InChI is InChI=1S/C37H50N4O7S.C6H11F2NO2.2C2H6.3H2/c1-6-36(15-16-36)49(45,46)40-35(44)37-21-27(37)13-9-7-11-24(4)17-25(5)18-32(42)41-22-28(20-30(41)33(43)39-37)48-34-29-14-10-8-12-26(29)19-31(38-34)47-23(2)3;1-5(2,6(3,7)8)11-4(9)10;2*1-2;;;/h8-10,12-14,19,23-25,27-28,30H,6-7,11,15-18,20-22H2,1-5H3,(H,39,43)(H,40,44);1-3H3,(H2,9,10);2*1-2H3;3*1H/b13-9-;;;;;;/t24-,25+,27+,28+,30-,37+;;;;;;/m0....../s1. The first-order valence-corrected chi connectivity index (χ1v) is 24.3. The highest BCUT2D eigenvalue weighted by molar-refractivity contribution is 7.91. The van der Waals surface area contributed by atoms with Crippen LogP contribution in [0.25, 0.3) is 10.8 Å². The lowest BCUT2D eigenvalue weighted by Crippen LogP contribution is -2.57. The third-order valence-corrected chi connectivity index (χ3v) is 14.4. The van der Waals surface area contributed by atoms with Crippen molar-refractivity contribution < 1.29 is 54.9 Å². The number of carbonyl (C=O) groups is 4. The van der Waals surface area contributed by atoms with Crippen molar-refractivity contribution in [1.29, 1.82) is 0 Å². The molecular weight excluding hydrogens is 849 g/mol. The van der Waals surface area contributed by atoms with Crippen molar-refractivity contribution in [3.8, 4) is 11.8 Å². The smallest absolute Gasteiger partial charge is 0.405 e. The summed E-state index contributed by atoms with van der Waals surface area (Å²) < 4.78 is 69.6. The SMILES string of the molecule is CC.CC.CC(F)(F)C(C)(C)OC(N)=O.CCC1(S(=O)(=O)NC(=O)[C@@]23C[C@H]2/C=C\CC[C@H](C)C[C@@H](C)CC(=O)N2C[C@H](Oc4nc(OC(C)C)cc5ccccc45)C[C@H]2C(=O)N3)CC1.[HH].[HH].[HH]. The molecule has 1 aromatic heterocycles. The molecule has 1 saturated heterocycles. The Morgan fingerprint density at radius 2 is 1.70 bits per heavy atom. The van der Waals surface area contributed by atoms with Crippen molar-refractivity contribution in [2.24, 2.45) is 23.5 Å². The first kappa shape index (κ1) is 53.8. The van der Waals surface area contributed by atoms with Gasteiger partial charge in [0.1, 0.15) is 17.7 Å². The van der Waals surface area contributed by atoms with E-state index in [4.69, 9.17) is 9.47 Å². The number of nitrogens with one attached hydrogen (secondary N) is 2. The Kier molecular flexibility index (Phi) is 18.6. The maximum absolute atomic E-state index is 14.2. The number of primary amides is 1. The lowest BCUT2D eigenvalue weighted by atomic mass is 9.91. The fourth-order valence-corrected chi connectivity index (χ4v) is 9.61. The van der Waals surface area contributed by atoms with Crippen LogP contribution in [0.15, 0.2) is 42.5 Å². The molecule has 64 heavy (non-hydrogen) atoms. The number of allylic oxidation sites excluding steroid dienone is 1. The van der Waals surface area contributed by atoms with E-state index in [-0.39, 0.29) is 53.9 Å². The normalized spacial score (nSPS) is 25.9. The minimum absolute atomic E-state index is 0. The van der Waals surface area contributed by atoms with Gasteiger partial charge in [-0.3, -0.25) is 19.1 Å². The molecule has 6 rings (SSSR count). The number of hydrogen-bond donors (Lipinski definition) is 3. The second kappa shape index (κ2) is 22.1. The van der Waals surface area contributed by atoms with Crippen molar-refractivity contribution >= 4 is 44.6 Å². The van der Waals surface area contributed by atoms with E-state index < -0.39 is 61.9 Å². The Balaban J connectivity index is 0.00000212. The van der Waals surface area contributed by atoms with Gasteiger partial charge in [-0.2, -0.15) is 4.98 Å². The third-order valence-electron chi connectivity index (χ3n) is 12.2. The molecule has 1 aromatic carbocycles. The molecule has 14 nitrogen and oxygen atoms in total. The molecule has 2 aliphatic heterocycles. The highest BCUT2D eigenvalue weighted by Gasteiger charge is 2.63. The van der Waals surface area contributed by atoms with Crippen LogP contribution in [0.4, 0.5) is 13.6 Å². The number of halogens is 2. The summed E-state index contributed by atoms with van der Waals surface area (Å²) in [4.78, 5) is 58.3. The number of carbonyl (C=O) groups excluding carboxylic acids is 4. The first-order chi connectivity index (χ1) is 29.9. The summed E-state index contributed by atoms with van der Waals surface area (Å²) in [5.74, 6) is -3.56. The van der Waals surface area contributed by atoms with E-state index in [1.807, 2.05) is 91.0 Å². The Morgan fingerprint density at radius 3 is 2.27 bits per heavy atom. The van der Waals surface area contributed by atoms with Crippen LogP contribution in [0.3, 0.4) is 0 Å². The lowest BCUT2D eigenvalue weighted by Gasteiger charge is -2.29. The number of fused-ring (bicyclic) bond motifs is 3. The van der Waals surface area contributed by atoms with Crippen LogP contribution in [0.2, 0.25) is 0 Å². The summed E-state index contributed by atoms with van der Waals surface area (Å²) in [6, 6.07) is 8.63. The van der Waals surface area contributed by atoms with Gasteiger partial charge < -0.3 is 30.2 Å². The molecule has 3 fully saturated rings. The number of alkyl halides is 2. The Labute approximate surface area is 383 Å². The summed E-state index contributed by atoms with van der Waals surface area (Å²) in [5, 5.41) is 4.63. The van der Waals surface area contributed by atoms with Crippen molar-refractivity contribution in [3.05, 3.63) is 42.5 Å². The van der Waals surface area contributed by atoms with Crippen LogP contribution in [0, 0.1) is 17.8 Å². The summed E-state index contributed by atoms with van der Waals surface area (Å²) in [5.41, 5.74) is 1.31. The van der Waals surface area contributed by atoms with Crippen molar-refractivity contribution in [2.45, 2.75) is 181 Å². The molecule has 0 radical (unpaired) electrons. The predicted octanol–water partition coefficient (Wildman–Crippen LogP) is 9.34. The van der Waals surface area contributed by atoms with E-state index in [2.05, 4.69) is 39.3 Å². The lowest BCUT2D eigenvalue weighted by molar-refractivity contribution is -0.148. The second-order valence-electron chi connectivity index (χ2n) is 17.9. The molecule has 4 N–H and O–H groups in total. The van der Waals surface area contributed by atoms with E-state index in [0.29, 0.717) is 43.9 Å². The van der Waals surface area contributed by atoms with Crippen LogP contribution >= 0.6 is 0 Å². The number of ether oxygens (including phenoxy) is 3. The van der Waals surface area contributed by atoms with Crippen LogP contribution < -0.4 is 25.2 Å². The summed E-state index contributed by atoms with van der Waals surface area (Å²) in [6.07, 6.45) is 6.84. The molecule has 366 valence electrons. The zero-order chi connectivity index (χ0) is 48.4. The summed E-state index contributed by atoms with van der Waals surface area (Å²) in [6.45, 7) is 20.9. The summed E-state index contributed by atoms with van der Waals surface area (Å²) in [7, 11) is -3.93. The number of benzene rings is 1. The monoisotopic (exact) mass is 928 g/mol. The average molecular weight is 928 g/mol. The Bertz CT molecular complexity index is 2090. The van der Waals surface area contributed by atoms with E-state index >= 15 is 0 Å². The minimum atomic E-state index is -3.93. The fourth-order valence-electron chi connectivity index (χ4n) is 7.94. The van der Waals surface area contributed by atoms with Crippen LogP contribution in [-0.2, 0) is 29.1 Å². The van der Waals surface area contributed by atoms with Crippen LogP contribution in [0.1, 0.15) is 145 Å². The number of aromatic nitrogens is 1. The molecule has 0 spiro atoms. The number of hydrogen-bond acceptors (Lipinski definition) is 10. The van der Waals surface area contributed by atoms with Gasteiger partial charge in [0.25, 0.3) is 11.8 Å². The largest absolute Gasteiger partial charge is 0.475 e. The number of rotatable bonds is 10. The molecule has 3 heterocycles. The average Bonchev–Trinajstić information content (AvgIpc) is 4.11. The van der Waals surface area contributed by atoms with Gasteiger partial charge >= 0.3 is 6.09 Å². The number of nitrogens with zero attached hydrogens (tertiary/aromatic N) is 2. The first-order valence-electron chi connectivity index (χ1n) is 22.9. The van der Waals surface area contributed by atoms with Crippen molar-refractivity contribution in [3.63, 3.8) is 0 Å². The summed E-state index contributed by atoms with van der Waals surface area (Å²) >= 11 is 0. The third kappa shape index (κ3) is 13.3. The highest BCUT2D eigenvalue weighted by atomic mass is 32.2. The molecule has 2 aliphatic carbocycles. The zero-order valence-electron chi connectivity index (χ0n) is 39.9. The van der Waals surface area contributed by atoms with E-state index in [1.54, 1.807) is 4.90 Å². The number of amides is 4. The topological polar surface area (TPSA) is 196 Å².